The Bertz CT molecular complexity index is 1120. The van der Waals surface area contributed by atoms with Crippen LogP contribution in [-0.2, 0) is 0 Å². The van der Waals surface area contributed by atoms with E-state index in [9.17, 15) is 9.90 Å². The average molecular weight is 342 g/mol. The Labute approximate surface area is 151 Å². The van der Waals surface area contributed by atoms with Crippen molar-refractivity contribution in [2.45, 2.75) is 13.8 Å². The molecule has 0 aliphatic carbocycles. The molecule has 0 atom stereocenters. The van der Waals surface area contributed by atoms with Gasteiger partial charge in [-0.3, -0.25) is 9.36 Å². The SMILES string of the molecule is Cc1ccc(C(=O)c2nc3ccccc3n2-c2ccc(O)cc2)c(C)c1. The van der Waals surface area contributed by atoms with E-state index in [1.807, 2.05) is 60.9 Å². The first-order valence-electron chi connectivity index (χ1n) is 8.43. The number of phenols is 1. The second-order valence-electron chi connectivity index (χ2n) is 6.42. The van der Waals surface area contributed by atoms with E-state index >= 15 is 0 Å². The maximum Gasteiger partial charge on any atom is 0.229 e. The van der Waals surface area contributed by atoms with E-state index in [2.05, 4.69) is 4.98 Å². The molecule has 0 saturated carbocycles. The highest BCUT2D eigenvalue weighted by Gasteiger charge is 2.21. The van der Waals surface area contributed by atoms with Crippen LogP contribution in [0.5, 0.6) is 5.75 Å². The Morgan fingerprint density at radius 2 is 1.69 bits per heavy atom. The fraction of sp³-hybridized carbons (Fsp3) is 0.0909. The first-order valence-corrected chi connectivity index (χ1v) is 8.43. The first kappa shape index (κ1) is 16.1. The summed E-state index contributed by atoms with van der Waals surface area (Å²) >= 11 is 0. The fourth-order valence-corrected chi connectivity index (χ4v) is 3.23. The molecule has 4 rings (SSSR count). The Hall–Kier alpha value is -3.40. The first-order chi connectivity index (χ1) is 12.5. The molecule has 4 aromatic rings. The number of hydrogen-bond acceptors (Lipinski definition) is 3. The predicted octanol–water partition coefficient (Wildman–Crippen LogP) is 4.58. The minimum atomic E-state index is -0.119. The molecule has 0 aliphatic rings. The fourth-order valence-electron chi connectivity index (χ4n) is 3.23. The molecule has 3 aromatic carbocycles. The minimum absolute atomic E-state index is 0.119. The number of imidazole rings is 1. The maximum atomic E-state index is 13.3. The highest BCUT2D eigenvalue weighted by molar-refractivity contribution is 6.09. The molecule has 0 unspecified atom stereocenters. The summed E-state index contributed by atoms with van der Waals surface area (Å²) in [6.45, 7) is 3.95. The van der Waals surface area contributed by atoms with Crippen LogP contribution in [0, 0.1) is 13.8 Å². The zero-order valence-electron chi connectivity index (χ0n) is 14.6. The van der Waals surface area contributed by atoms with Gasteiger partial charge in [-0.05, 0) is 55.8 Å². The Morgan fingerprint density at radius 1 is 0.962 bits per heavy atom. The van der Waals surface area contributed by atoms with Gasteiger partial charge in [0.1, 0.15) is 5.75 Å². The van der Waals surface area contributed by atoms with E-state index in [4.69, 9.17) is 0 Å². The zero-order valence-corrected chi connectivity index (χ0v) is 14.6. The van der Waals surface area contributed by atoms with Gasteiger partial charge in [0, 0.05) is 11.3 Å². The summed E-state index contributed by atoms with van der Waals surface area (Å²) in [6.07, 6.45) is 0. The second kappa shape index (κ2) is 6.15. The number of hydrogen-bond donors (Lipinski definition) is 1. The molecule has 0 radical (unpaired) electrons. The lowest BCUT2D eigenvalue weighted by molar-refractivity contribution is 0.102. The Kier molecular flexibility index (Phi) is 3.81. The third-order valence-corrected chi connectivity index (χ3v) is 4.50. The molecule has 0 fully saturated rings. The maximum absolute atomic E-state index is 13.3. The van der Waals surface area contributed by atoms with Crippen LogP contribution < -0.4 is 0 Å². The molecule has 0 bridgehead atoms. The lowest BCUT2D eigenvalue weighted by Gasteiger charge is -2.10. The average Bonchev–Trinajstić information content (AvgIpc) is 3.01. The number of rotatable bonds is 3. The summed E-state index contributed by atoms with van der Waals surface area (Å²) in [5, 5.41) is 9.59. The predicted molar refractivity (Wildman–Crippen MR) is 102 cm³/mol. The second-order valence-corrected chi connectivity index (χ2v) is 6.42. The number of benzene rings is 3. The summed E-state index contributed by atoms with van der Waals surface area (Å²) in [6, 6.07) is 20.2. The van der Waals surface area contributed by atoms with Gasteiger partial charge in [-0.25, -0.2) is 4.98 Å². The monoisotopic (exact) mass is 342 g/mol. The summed E-state index contributed by atoms with van der Waals surface area (Å²) in [7, 11) is 0. The number of aryl methyl sites for hydroxylation is 2. The van der Waals surface area contributed by atoms with Gasteiger partial charge in [-0.15, -0.1) is 0 Å². The van der Waals surface area contributed by atoms with Crippen LogP contribution in [0.15, 0.2) is 66.7 Å². The molecular formula is C22H18N2O2. The number of nitrogens with zero attached hydrogens (tertiary/aromatic N) is 2. The number of aromatic nitrogens is 2. The molecule has 128 valence electrons. The number of ketones is 1. The summed E-state index contributed by atoms with van der Waals surface area (Å²) in [5.74, 6) is 0.427. The van der Waals surface area contributed by atoms with Gasteiger partial charge in [-0.1, -0.05) is 35.9 Å². The summed E-state index contributed by atoms with van der Waals surface area (Å²) < 4.78 is 1.84. The number of carbonyl (C=O) groups excluding carboxylic acids is 1. The largest absolute Gasteiger partial charge is 0.508 e. The molecule has 4 nitrogen and oxygen atoms in total. The molecular weight excluding hydrogens is 324 g/mol. The molecule has 1 heterocycles. The van der Waals surface area contributed by atoms with Crippen molar-refractivity contribution >= 4 is 16.8 Å². The van der Waals surface area contributed by atoms with Crippen LogP contribution in [0.3, 0.4) is 0 Å². The lowest BCUT2D eigenvalue weighted by atomic mass is 10.0. The highest BCUT2D eigenvalue weighted by Crippen LogP contribution is 2.25. The van der Waals surface area contributed by atoms with Gasteiger partial charge in [0.05, 0.1) is 11.0 Å². The van der Waals surface area contributed by atoms with Crippen molar-refractivity contribution in [1.82, 2.24) is 9.55 Å². The number of fused-ring (bicyclic) bond motifs is 1. The number of carbonyl (C=O) groups is 1. The molecule has 4 heteroatoms. The minimum Gasteiger partial charge on any atom is -0.508 e. The third-order valence-electron chi connectivity index (χ3n) is 4.50. The van der Waals surface area contributed by atoms with Crippen LogP contribution in [0.1, 0.15) is 27.3 Å². The van der Waals surface area contributed by atoms with Crippen LogP contribution in [0.2, 0.25) is 0 Å². The molecule has 26 heavy (non-hydrogen) atoms. The normalized spacial score (nSPS) is 11.0. The van der Waals surface area contributed by atoms with Gasteiger partial charge in [0.2, 0.25) is 5.78 Å². The van der Waals surface area contributed by atoms with Gasteiger partial charge in [0.25, 0.3) is 0 Å². The smallest absolute Gasteiger partial charge is 0.229 e. The van der Waals surface area contributed by atoms with E-state index in [-0.39, 0.29) is 11.5 Å². The van der Waals surface area contributed by atoms with Crippen molar-refractivity contribution in [3.63, 3.8) is 0 Å². The topological polar surface area (TPSA) is 55.1 Å². The molecule has 0 aliphatic heterocycles. The van der Waals surface area contributed by atoms with Crippen molar-refractivity contribution in [2.24, 2.45) is 0 Å². The van der Waals surface area contributed by atoms with Gasteiger partial charge in [-0.2, -0.15) is 0 Å². The molecule has 0 amide bonds. The van der Waals surface area contributed by atoms with Crippen molar-refractivity contribution < 1.29 is 9.90 Å². The van der Waals surface area contributed by atoms with Gasteiger partial charge in [0.15, 0.2) is 5.82 Å². The zero-order chi connectivity index (χ0) is 18.3. The van der Waals surface area contributed by atoms with E-state index in [0.717, 1.165) is 27.8 Å². The van der Waals surface area contributed by atoms with Crippen molar-refractivity contribution in [1.29, 1.82) is 0 Å². The van der Waals surface area contributed by atoms with Crippen molar-refractivity contribution in [3.8, 4) is 11.4 Å². The van der Waals surface area contributed by atoms with Crippen LogP contribution in [-0.4, -0.2) is 20.4 Å². The van der Waals surface area contributed by atoms with E-state index in [1.165, 1.54) is 0 Å². The Morgan fingerprint density at radius 3 is 2.42 bits per heavy atom. The van der Waals surface area contributed by atoms with Gasteiger partial charge < -0.3 is 5.11 Å². The van der Waals surface area contributed by atoms with Crippen molar-refractivity contribution in [2.75, 3.05) is 0 Å². The summed E-state index contributed by atoms with van der Waals surface area (Å²) in [5.41, 5.74) is 5.08. The van der Waals surface area contributed by atoms with E-state index < -0.39 is 0 Å². The van der Waals surface area contributed by atoms with Crippen LogP contribution in [0.25, 0.3) is 16.7 Å². The van der Waals surface area contributed by atoms with Crippen molar-refractivity contribution in [3.05, 3.63) is 89.2 Å². The molecule has 0 saturated heterocycles. The highest BCUT2D eigenvalue weighted by atomic mass is 16.3. The number of aromatic hydroxyl groups is 1. The molecule has 1 aromatic heterocycles. The summed E-state index contributed by atoms with van der Waals surface area (Å²) in [4.78, 5) is 17.9. The van der Waals surface area contributed by atoms with E-state index in [1.54, 1.807) is 24.3 Å². The quantitative estimate of drug-likeness (QED) is 0.555. The molecule has 0 spiro atoms. The van der Waals surface area contributed by atoms with Gasteiger partial charge >= 0.3 is 0 Å². The van der Waals surface area contributed by atoms with Crippen LogP contribution >= 0.6 is 0 Å². The van der Waals surface area contributed by atoms with Crippen LogP contribution in [0.4, 0.5) is 0 Å². The number of phenolic OH excluding ortho intramolecular Hbond substituents is 1. The van der Waals surface area contributed by atoms with E-state index in [0.29, 0.717) is 11.4 Å². The molecule has 1 N–H and O–H groups in total. The lowest BCUT2D eigenvalue weighted by Crippen LogP contribution is -2.11. The number of para-hydroxylation sites is 2. The standard InChI is InChI=1S/C22H18N2O2/c1-14-7-12-18(15(2)13-14)21(26)22-23-19-5-3-4-6-20(19)24(22)16-8-10-17(25)11-9-16/h3-13,25H,1-2H3. The Balaban J connectivity index is 1.96. The third kappa shape index (κ3) is 2.65.